The van der Waals surface area contributed by atoms with E-state index in [1.54, 1.807) is 0 Å². The maximum atomic E-state index is 11.4. The maximum Gasteiger partial charge on any atom is 0.305 e. The zero-order chi connectivity index (χ0) is 15.0. The van der Waals surface area contributed by atoms with Crippen molar-refractivity contribution in [1.29, 1.82) is 0 Å². The van der Waals surface area contributed by atoms with Crippen molar-refractivity contribution >= 4 is 27.8 Å². The monoisotopic (exact) mass is 343 g/mol. The zero-order valence-corrected chi connectivity index (χ0v) is 12.9. The van der Waals surface area contributed by atoms with Crippen molar-refractivity contribution in [3.63, 3.8) is 0 Å². The van der Waals surface area contributed by atoms with Gasteiger partial charge in [0.25, 0.3) is 0 Å². The Morgan fingerprint density at radius 3 is 2.75 bits per heavy atom. The molecular formula is C14H18BrNO4. The molecule has 0 fully saturated rings. The molecule has 0 aliphatic heterocycles. The van der Waals surface area contributed by atoms with Gasteiger partial charge in [0.1, 0.15) is 5.75 Å². The second-order valence-corrected chi connectivity index (χ2v) is 5.23. The first kappa shape index (κ1) is 16.5. The normalized spacial score (nSPS) is 10.1. The summed E-state index contributed by atoms with van der Waals surface area (Å²) in [5, 5.41) is 11.0. The number of carbonyl (C=O) groups is 2. The molecule has 1 aromatic rings. The molecule has 0 heterocycles. The van der Waals surface area contributed by atoms with Gasteiger partial charge in [0, 0.05) is 13.0 Å². The van der Waals surface area contributed by atoms with Crippen molar-refractivity contribution in [3.8, 4) is 5.75 Å². The molecule has 0 spiro atoms. The molecule has 1 aromatic carbocycles. The van der Waals surface area contributed by atoms with Gasteiger partial charge in [-0.2, -0.15) is 0 Å². The minimum Gasteiger partial charge on any atom is -0.492 e. The van der Waals surface area contributed by atoms with E-state index < -0.39 is 5.97 Å². The molecule has 20 heavy (non-hydrogen) atoms. The lowest BCUT2D eigenvalue weighted by atomic mass is 10.2. The number of carboxylic acids is 1. The number of ether oxygens (including phenoxy) is 1. The van der Waals surface area contributed by atoms with E-state index in [-0.39, 0.29) is 18.9 Å². The van der Waals surface area contributed by atoms with Gasteiger partial charge >= 0.3 is 5.97 Å². The predicted octanol–water partition coefficient (Wildman–Crippen LogP) is 2.51. The van der Waals surface area contributed by atoms with Crippen molar-refractivity contribution in [2.24, 2.45) is 0 Å². The summed E-state index contributed by atoms with van der Waals surface area (Å²) in [6, 6.07) is 5.80. The summed E-state index contributed by atoms with van der Waals surface area (Å²) in [5.74, 6) is -0.322. The molecule has 0 radical (unpaired) electrons. The maximum absolute atomic E-state index is 11.4. The minimum atomic E-state index is -0.919. The van der Waals surface area contributed by atoms with Crippen LogP contribution in [0.5, 0.6) is 5.75 Å². The van der Waals surface area contributed by atoms with E-state index in [4.69, 9.17) is 9.84 Å². The number of nitrogens with one attached hydrogen (secondary N) is 1. The molecule has 5 nitrogen and oxygen atoms in total. The van der Waals surface area contributed by atoms with Crippen LogP contribution in [0.2, 0.25) is 0 Å². The Labute approximate surface area is 126 Å². The quantitative estimate of drug-likeness (QED) is 0.711. The van der Waals surface area contributed by atoms with E-state index in [2.05, 4.69) is 21.2 Å². The van der Waals surface area contributed by atoms with Gasteiger partial charge in [-0.05, 0) is 47.0 Å². The number of hydrogen-bond acceptors (Lipinski definition) is 3. The lowest BCUT2D eigenvalue weighted by molar-refractivity contribution is -0.136. The summed E-state index contributed by atoms with van der Waals surface area (Å²) in [6.45, 7) is 2.60. The lowest BCUT2D eigenvalue weighted by Crippen LogP contribution is -2.26. The highest BCUT2D eigenvalue weighted by atomic mass is 79.9. The Morgan fingerprint density at radius 1 is 1.35 bits per heavy atom. The Bertz CT molecular complexity index is 476. The third kappa shape index (κ3) is 6.56. The number of halogens is 1. The second kappa shape index (κ2) is 8.58. The first-order chi connectivity index (χ1) is 9.49. The molecule has 110 valence electrons. The van der Waals surface area contributed by atoms with Crippen LogP contribution < -0.4 is 10.1 Å². The summed E-state index contributed by atoms with van der Waals surface area (Å²) in [7, 11) is 0. The second-order valence-electron chi connectivity index (χ2n) is 4.38. The van der Waals surface area contributed by atoms with Gasteiger partial charge in [-0.3, -0.25) is 9.59 Å². The van der Waals surface area contributed by atoms with Gasteiger partial charge in [0.05, 0.1) is 17.5 Å². The number of rotatable bonds is 8. The SMILES string of the molecule is Cc1ccc(OCCCC(=O)NCCC(=O)O)c(Br)c1. The summed E-state index contributed by atoms with van der Waals surface area (Å²) >= 11 is 3.42. The number of amides is 1. The highest BCUT2D eigenvalue weighted by Gasteiger charge is 2.04. The number of aryl methyl sites for hydroxylation is 1. The molecular weight excluding hydrogens is 326 g/mol. The van der Waals surface area contributed by atoms with Crippen molar-refractivity contribution in [3.05, 3.63) is 28.2 Å². The lowest BCUT2D eigenvalue weighted by Gasteiger charge is -2.08. The van der Waals surface area contributed by atoms with Gasteiger partial charge in [-0.1, -0.05) is 6.07 Å². The fourth-order valence-electron chi connectivity index (χ4n) is 1.54. The standard InChI is InChI=1S/C14H18BrNO4/c1-10-4-5-12(11(15)9-10)20-8-2-3-13(17)16-7-6-14(18)19/h4-5,9H,2-3,6-8H2,1H3,(H,16,17)(H,18,19). The van der Waals surface area contributed by atoms with E-state index >= 15 is 0 Å². The fourth-order valence-corrected chi connectivity index (χ4v) is 2.14. The van der Waals surface area contributed by atoms with Crippen LogP contribution in [0.4, 0.5) is 0 Å². The van der Waals surface area contributed by atoms with Crippen LogP contribution in [-0.4, -0.2) is 30.1 Å². The molecule has 0 saturated heterocycles. The van der Waals surface area contributed by atoms with E-state index in [9.17, 15) is 9.59 Å². The number of benzene rings is 1. The Kier molecular flexibility index (Phi) is 7.08. The van der Waals surface area contributed by atoms with E-state index in [0.717, 1.165) is 15.8 Å². The van der Waals surface area contributed by atoms with Gasteiger partial charge in [0.2, 0.25) is 5.91 Å². The largest absolute Gasteiger partial charge is 0.492 e. The van der Waals surface area contributed by atoms with Gasteiger partial charge in [-0.25, -0.2) is 0 Å². The smallest absolute Gasteiger partial charge is 0.305 e. The summed E-state index contributed by atoms with van der Waals surface area (Å²) < 4.78 is 6.46. The first-order valence-electron chi connectivity index (χ1n) is 6.36. The molecule has 0 saturated carbocycles. The summed E-state index contributed by atoms with van der Waals surface area (Å²) in [4.78, 5) is 21.7. The molecule has 6 heteroatoms. The van der Waals surface area contributed by atoms with Crippen LogP contribution in [-0.2, 0) is 9.59 Å². The molecule has 0 atom stereocenters. The van der Waals surface area contributed by atoms with Gasteiger partial charge in [-0.15, -0.1) is 0 Å². The van der Waals surface area contributed by atoms with Gasteiger partial charge < -0.3 is 15.2 Å². The molecule has 0 aliphatic rings. The predicted molar refractivity (Wildman–Crippen MR) is 78.9 cm³/mol. The van der Waals surface area contributed by atoms with Crippen molar-refractivity contribution < 1.29 is 19.4 Å². The van der Waals surface area contributed by atoms with Crippen molar-refractivity contribution in [2.75, 3.05) is 13.2 Å². The van der Waals surface area contributed by atoms with Gasteiger partial charge in [0.15, 0.2) is 0 Å². The van der Waals surface area contributed by atoms with Crippen LogP contribution >= 0.6 is 15.9 Å². The third-order valence-corrected chi connectivity index (χ3v) is 3.17. The zero-order valence-electron chi connectivity index (χ0n) is 11.3. The molecule has 0 aliphatic carbocycles. The van der Waals surface area contributed by atoms with Crippen LogP contribution in [0.1, 0.15) is 24.8 Å². The van der Waals surface area contributed by atoms with Crippen LogP contribution in [0.15, 0.2) is 22.7 Å². The minimum absolute atomic E-state index is 0.0570. The fraction of sp³-hybridized carbons (Fsp3) is 0.429. The molecule has 0 aromatic heterocycles. The number of hydrogen-bond donors (Lipinski definition) is 2. The average Bonchev–Trinajstić information content (AvgIpc) is 2.36. The van der Waals surface area contributed by atoms with Crippen molar-refractivity contribution in [1.82, 2.24) is 5.32 Å². The van der Waals surface area contributed by atoms with Crippen LogP contribution in [0.3, 0.4) is 0 Å². The van der Waals surface area contributed by atoms with Crippen molar-refractivity contribution in [2.45, 2.75) is 26.2 Å². The molecule has 2 N–H and O–H groups in total. The number of carboxylic acid groups (broad SMARTS) is 1. The van der Waals surface area contributed by atoms with E-state index in [1.165, 1.54) is 0 Å². The summed E-state index contributed by atoms with van der Waals surface area (Å²) in [6.07, 6.45) is 0.848. The molecule has 0 unspecified atom stereocenters. The molecule has 1 rings (SSSR count). The Morgan fingerprint density at radius 2 is 2.10 bits per heavy atom. The average molecular weight is 344 g/mol. The van der Waals surface area contributed by atoms with Crippen LogP contribution in [0.25, 0.3) is 0 Å². The summed E-state index contributed by atoms with van der Waals surface area (Å²) in [5.41, 5.74) is 1.14. The van der Waals surface area contributed by atoms with E-state index in [1.807, 2.05) is 25.1 Å². The number of aliphatic carboxylic acids is 1. The van der Waals surface area contributed by atoms with E-state index in [0.29, 0.717) is 19.4 Å². The molecule has 1 amide bonds. The number of carbonyl (C=O) groups excluding carboxylic acids is 1. The molecule has 0 bridgehead atoms. The highest BCUT2D eigenvalue weighted by Crippen LogP contribution is 2.25. The highest BCUT2D eigenvalue weighted by molar-refractivity contribution is 9.10. The third-order valence-electron chi connectivity index (χ3n) is 2.55. The Hall–Kier alpha value is -1.56. The topological polar surface area (TPSA) is 75.6 Å². The Balaban J connectivity index is 2.18. The first-order valence-corrected chi connectivity index (χ1v) is 7.16. The van der Waals surface area contributed by atoms with Crippen LogP contribution in [0, 0.1) is 6.92 Å².